The molecule has 0 aliphatic heterocycles. The third kappa shape index (κ3) is 3.12. The van der Waals surface area contributed by atoms with Crippen LogP contribution in [0.1, 0.15) is 13.8 Å². The van der Waals surface area contributed by atoms with Crippen LogP contribution in [-0.4, -0.2) is 15.9 Å². The maximum absolute atomic E-state index is 11.3. The number of nitrogens with one attached hydrogen (secondary N) is 1. The fourth-order valence-electron chi connectivity index (χ4n) is 0.724. The highest BCUT2D eigenvalue weighted by molar-refractivity contribution is 6.32. The zero-order valence-corrected chi connectivity index (χ0v) is 9.23. The molecule has 0 fully saturated rings. The Hall–Kier alpha value is -0.870. The zero-order chi connectivity index (χ0) is 10.7. The highest BCUT2D eigenvalue weighted by Crippen LogP contribution is 2.14. The Bertz CT molecular complexity index is 334. The summed E-state index contributed by atoms with van der Waals surface area (Å²) in [6, 6.07) is 1.44. The van der Waals surface area contributed by atoms with Crippen LogP contribution >= 0.6 is 23.2 Å². The van der Waals surface area contributed by atoms with Crippen molar-refractivity contribution in [3.63, 3.8) is 0 Å². The van der Waals surface area contributed by atoms with Gasteiger partial charge in [0.1, 0.15) is 11.0 Å². The average molecular weight is 234 g/mol. The minimum Gasteiger partial charge on any atom is -0.310 e. The van der Waals surface area contributed by atoms with E-state index in [9.17, 15) is 4.79 Å². The van der Waals surface area contributed by atoms with Crippen LogP contribution in [0.15, 0.2) is 6.07 Å². The fraction of sp³-hybridized carbons (Fsp3) is 0.375. The van der Waals surface area contributed by atoms with E-state index >= 15 is 0 Å². The number of hydrogen-bond acceptors (Lipinski definition) is 3. The molecule has 1 heterocycles. The number of anilines is 1. The molecule has 0 aliphatic rings. The van der Waals surface area contributed by atoms with Crippen LogP contribution < -0.4 is 5.32 Å². The summed E-state index contributed by atoms with van der Waals surface area (Å²) < 4.78 is 0. The van der Waals surface area contributed by atoms with Crippen molar-refractivity contribution < 1.29 is 4.79 Å². The van der Waals surface area contributed by atoms with Crippen LogP contribution in [0.3, 0.4) is 0 Å². The lowest BCUT2D eigenvalue weighted by Crippen LogP contribution is -2.18. The van der Waals surface area contributed by atoms with Crippen molar-refractivity contribution in [1.82, 2.24) is 9.97 Å². The second-order valence-corrected chi connectivity index (χ2v) is 3.71. The molecule has 1 rings (SSSR count). The smallest absolute Gasteiger partial charge is 0.228 e. The molecule has 0 unspecified atom stereocenters. The summed E-state index contributed by atoms with van der Waals surface area (Å²) in [5, 5.41) is 2.77. The highest BCUT2D eigenvalue weighted by atomic mass is 35.5. The fourth-order valence-corrected chi connectivity index (χ4v) is 1.13. The normalized spacial score (nSPS) is 10.4. The second kappa shape index (κ2) is 4.57. The number of nitrogens with zero attached hydrogens (tertiary/aromatic N) is 2. The van der Waals surface area contributed by atoms with Gasteiger partial charge < -0.3 is 5.32 Å². The first kappa shape index (κ1) is 11.2. The number of halogens is 2. The molecule has 0 bridgehead atoms. The van der Waals surface area contributed by atoms with Gasteiger partial charge in [-0.25, -0.2) is 9.97 Å². The van der Waals surface area contributed by atoms with E-state index in [1.165, 1.54) is 6.07 Å². The van der Waals surface area contributed by atoms with E-state index in [2.05, 4.69) is 15.3 Å². The highest BCUT2D eigenvalue weighted by Gasteiger charge is 2.09. The molecule has 0 aromatic carbocycles. The standard InChI is InChI=1S/C8H9Cl2N3O/c1-4(2)7(14)12-6-3-5(9)11-8(10)13-6/h3-4H,1-2H3,(H,11,12,13,14). The predicted octanol–water partition coefficient (Wildman–Crippen LogP) is 2.38. The van der Waals surface area contributed by atoms with E-state index < -0.39 is 0 Å². The van der Waals surface area contributed by atoms with Gasteiger partial charge >= 0.3 is 0 Å². The summed E-state index contributed by atoms with van der Waals surface area (Å²) >= 11 is 11.2. The van der Waals surface area contributed by atoms with Gasteiger partial charge in [0.25, 0.3) is 0 Å². The largest absolute Gasteiger partial charge is 0.310 e. The van der Waals surface area contributed by atoms with Gasteiger partial charge in [-0.3, -0.25) is 4.79 Å². The monoisotopic (exact) mass is 233 g/mol. The SMILES string of the molecule is CC(C)C(=O)Nc1cc(Cl)nc(Cl)n1. The second-order valence-electron chi connectivity index (χ2n) is 2.99. The van der Waals surface area contributed by atoms with Crippen LogP contribution in [0.5, 0.6) is 0 Å². The Morgan fingerprint density at radius 1 is 1.43 bits per heavy atom. The Morgan fingerprint density at radius 3 is 2.57 bits per heavy atom. The minimum atomic E-state index is -0.143. The molecule has 6 heteroatoms. The lowest BCUT2D eigenvalue weighted by molar-refractivity contribution is -0.118. The summed E-state index contributed by atoms with van der Waals surface area (Å²) in [4.78, 5) is 18.7. The van der Waals surface area contributed by atoms with Gasteiger partial charge in [0.15, 0.2) is 0 Å². The molecule has 1 aromatic heterocycles. The van der Waals surface area contributed by atoms with Crippen LogP contribution in [0.4, 0.5) is 5.82 Å². The van der Waals surface area contributed by atoms with Gasteiger partial charge in [0.05, 0.1) is 0 Å². The quantitative estimate of drug-likeness (QED) is 0.631. The molecule has 0 radical (unpaired) electrons. The first-order chi connectivity index (χ1) is 6.49. The molecule has 0 atom stereocenters. The molecule has 0 aliphatic carbocycles. The summed E-state index contributed by atoms with van der Waals surface area (Å²) in [5.74, 6) is 0.0482. The van der Waals surface area contributed by atoms with E-state index in [-0.39, 0.29) is 22.3 Å². The van der Waals surface area contributed by atoms with Crippen molar-refractivity contribution >= 4 is 34.9 Å². The van der Waals surface area contributed by atoms with E-state index in [4.69, 9.17) is 23.2 Å². The lowest BCUT2D eigenvalue weighted by Gasteiger charge is -2.06. The van der Waals surface area contributed by atoms with Gasteiger partial charge in [0.2, 0.25) is 11.2 Å². The van der Waals surface area contributed by atoms with Crippen LogP contribution in [0.2, 0.25) is 10.4 Å². The summed E-state index contributed by atoms with van der Waals surface area (Å²) in [7, 11) is 0. The molecule has 0 spiro atoms. The third-order valence-electron chi connectivity index (χ3n) is 1.44. The van der Waals surface area contributed by atoms with Crippen molar-refractivity contribution in [1.29, 1.82) is 0 Å². The van der Waals surface area contributed by atoms with Crippen molar-refractivity contribution in [2.24, 2.45) is 5.92 Å². The lowest BCUT2D eigenvalue weighted by atomic mass is 10.2. The van der Waals surface area contributed by atoms with Gasteiger partial charge in [-0.15, -0.1) is 0 Å². The first-order valence-electron chi connectivity index (χ1n) is 4.00. The van der Waals surface area contributed by atoms with Crippen molar-refractivity contribution in [3.05, 3.63) is 16.5 Å². The van der Waals surface area contributed by atoms with Gasteiger partial charge in [-0.05, 0) is 11.6 Å². The summed E-state index contributed by atoms with van der Waals surface area (Å²) in [6.45, 7) is 3.56. The molecular weight excluding hydrogens is 225 g/mol. The van der Waals surface area contributed by atoms with E-state index in [1.54, 1.807) is 13.8 Å². The van der Waals surface area contributed by atoms with E-state index in [1.807, 2.05) is 0 Å². The summed E-state index contributed by atoms with van der Waals surface area (Å²) in [5.41, 5.74) is 0. The maximum Gasteiger partial charge on any atom is 0.228 e. The molecule has 76 valence electrons. The molecule has 1 N–H and O–H groups in total. The molecule has 1 amide bonds. The average Bonchev–Trinajstić information content (AvgIpc) is 2.01. The number of carbonyl (C=O) groups is 1. The Kier molecular flexibility index (Phi) is 3.66. The molecular formula is C8H9Cl2N3O. The van der Waals surface area contributed by atoms with Gasteiger partial charge in [-0.1, -0.05) is 25.4 Å². The minimum absolute atomic E-state index is 0.0107. The molecule has 0 saturated heterocycles. The van der Waals surface area contributed by atoms with Gasteiger partial charge in [-0.2, -0.15) is 0 Å². The van der Waals surface area contributed by atoms with Crippen LogP contribution in [0.25, 0.3) is 0 Å². The Balaban J connectivity index is 2.82. The van der Waals surface area contributed by atoms with E-state index in [0.29, 0.717) is 5.82 Å². The Labute approximate surface area is 91.6 Å². The maximum atomic E-state index is 11.3. The summed E-state index contributed by atoms with van der Waals surface area (Å²) in [6.07, 6.45) is 0. The zero-order valence-electron chi connectivity index (χ0n) is 7.71. The van der Waals surface area contributed by atoms with Crippen LogP contribution in [-0.2, 0) is 4.79 Å². The third-order valence-corrected chi connectivity index (χ3v) is 1.81. The number of amides is 1. The molecule has 14 heavy (non-hydrogen) atoms. The van der Waals surface area contributed by atoms with Crippen LogP contribution in [0, 0.1) is 5.92 Å². The first-order valence-corrected chi connectivity index (χ1v) is 4.75. The molecule has 1 aromatic rings. The number of carbonyl (C=O) groups excluding carboxylic acids is 1. The van der Waals surface area contributed by atoms with Gasteiger partial charge in [0, 0.05) is 12.0 Å². The number of rotatable bonds is 2. The number of aromatic nitrogens is 2. The predicted molar refractivity (Wildman–Crippen MR) is 55.5 cm³/mol. The van der Waals surface area contributed by atoms with Crippen molar-refractivity contribution in [3.8, 4) is 0 Å². The van der Waals surface area contributed by atoms with Crippen molar-refractivity contribution in [2.45, 2.75) is 13.8 Å². The molecule has 0 saturated carbocycles. The topological polar surface area (TPSA) is 54.9 Å². The number of hydrogen-bond donors (Lipinski definition) is 1. The van der Waals surface area contributed by atoms with E-state index in [0.717, 1.165) is 0 Å². The Morgan fingerprint density at radius 2 is 2.07 bits per heavy atom. The van der Waals surface area contributed by atoms with Crippen molar-refractivity contribution in [2.75, 3.05) is 5.32 Å². The molecule has 4 nitrogen and oxygen atoms in total.